The van der Waals surface area contributed by atoms with Crippen molar-refractivity contribution in [2.75, 3.05) is 19.9 Å². The van der Waals surface area contributed by atoms with E-state index in [-0.39, 0.29) is 23.6 Å². The highest BCUT2D eigenvalue weighted by Gasteiger charge is 2.23. The van der Waals surface area contributed by atoms with Gasteiger partial charge in [0.05, 0.1) is 31.2 Å². The lowest BCUT2D eigenvalue weighted by molar-refractivity contribution is 0.313. The summed E-state index contributed by atoms with van der Waals surface area (Å²) in [5.41, 5.74) is 9.01. The van der Waals surface area contributed by atoms with Crippen LogP contribution in [0.2, 0.25) is 0 Å². The van der Waals surface area contributed by atoms with Gasteiger partial charge >= 0.3 is 5.56 Å². The molecule has 0 bridgehead atoms. The molecule has 38 heavy (non-hydrogen) atoms. The van der Waals surface area contributed by atoms with E-state index < -0.39 is 17.2 Å². The summed E-state index contributed by atoms with van der Waals surface area (Å²) >= 11 is 0. The molecule has 0 fully saturated rings. The van der Waals surface area contributed by atoms with Gasteiger partial charge in [0.15, 0.2) is 0 Å². The van der Waals surface area contributed by atoms with E-state index in [4.69, 9.17) is 15.5 Å². The van der Waals surface area contributed by atoms with E-state index in [9.17, 15) is 13.6 Å². The average molecular weight is 516 g/mol. The molecule has 0 aliphatic heterocycles. The third-order valence-corrected chi connectivity index (χ3v) is 6.41. The minimum atomic E-state index is -0.686. The molecule has 5 aromatic rings. The Hall–Kier alpha value is -4.50. The molecule has 0 atom stereocenters. The predicted molar refractivity (Wildman–Crippen MR) is 143 cm³/mol. The third kappa shape index (κ3) is 4.88. The number of benzene rings is 3. The number of nitrogens with two attached hydrogens (primary N) is 1. The second kappa shape index (κ2) is 10.5. The van der Waals surface area contributed by atoms with Crippen molar-refractivity contribution in [3.63, 3.8) is 0 Å². The number of hydrogen-bond acceptors (Lipinski definition) is 5. The molecule has 0 unspecified atom stereocenters. The van der Waals surface area contributed by atoms with Gasteiger partial charge in [-0.15, -0.1) is 0 Å². The van der Waals surface area contributed by atoms with Crippen molar-refractivity contribution < 1.29 is 13.5 Å². The normalized spacial score (nSPS) is 11.4. The largest absolute Gasteiger partial charge is 0.490 e. The molecule has 2 heterocycles. The fourth-order valence-electron chi connectivity index (χ4n) is 4.55. The quantitative estimate of drug-likeness (QED) is 0.303. The van der Waals surface area contributed by atoms with Crippen LogP contribution in [0.5, 0.6) is 5.75 Å². The molecule has 0 spiro atoms. The Labute approximate surface area is 218 Å². The predicted octanol–water partition coefficient (Wildman–Crippen LogP) is 4.71. The molecule has 194 valence electrons. The van der Waals surface area contributed by atoms with Crippen LogP contribution >= 0.6 is 0 Å². The number of nitrogen functional groups attached to an aromatic ring is 1. The van der Waals surface area contributed by atoms with E-state index in [0.717, 1.165) is 11.1 Å². The van der Waals surface area contributed by atoms with Gasteiger partial charge in [-0.1, -0.05) is 48.5 Å². The van der Waals surface area contributed by atoms with E-state index >= 15 is 0 Å². The Morgan fingerprint density at radius 3 is 2.29 bits per heavy atom. The van der Waals surface area contributed by atoms with Gasteiger partial charge < -0.3 is 15.0 Å². The minimum absolute atomic E-state index is 0.0301. The number of imidazole rings is 1. The fraction of sp³-hybridized carbons (Fsp3) is 0.172. The molecule has 5 rings (SSSR count). The van der Waals surface area contributed by atoms with Crippen molar-refractivity contribution >= 4 is 11.5 Å². The summed E-state index contributed by atoms with van der Waals surface area (Å²) < 4.78 is 37.5. The first kappa shape index (κ1) is 25.2. The van der Waals surface area contributed by atoms with Crippen molar-refractivity contribution in [3.8, 4) is 17.0 Å². The number of ether oxygens (including phenoxy) is 1. The van der Waals surface area contributed by atoms with Crippen molar-refractivity contribution in [1.29, 1.82) is 0 Å². The van der Waals surface area contributed by atoms with Gasteiger partial charge in [0, 0.05) is 29.9 Å². The Kier molecular flexibility index (Phi) is 6.93. The maximum Gasteiger partial charge on any atom is 0.301 e. The molecular formula is C29H27F2N5O2. The second-order valence-corrected chi connectivity index (χ2v) is 9.15. The van der Waals surface area contributed by atoms with Crippen LogP contribution in [0.4, 0.5) is 14.5 Å². The van der Waals surface area contributed by atoms with Gasteiger partial charge in [0.1, 0.15) is 11.6 Å². The lowest BCUT2D eigenvalue weighted by atomic mass is 10.1. The van der Waals surface area contributed by atoms with Crippen LogP contribution in [0.15, 0.2) is 83.8 Å². The monoisotopic (exact) mass is 515 g/mol. The number of methoxy groups -OCH3 is 1. The molecule has 0 aliphatic carbocycles. The second-order valence-electron chi connectivity index (χ2n) is 9.15. The zero-order chi connectivity index (χ0) is 26.8. The van der Waals surface area contributed by atoms with Gasteiger partial charge in [0.2, 0.25) is 11.5 Å². The van der Waals surface area contributed by atoms with Crippen LogP contribution in [0.1, 0.15) is 16.8 Å². The Morgan fingerprint density at radius 2 is 1.63 bits per heavy atom. The summed E-state index contributed by atoms with van der Waals surface area (Å²) in [5, 5.41) is 0. The van der Waals surface area contributed by atoms with Gasteiger partial charge in [0.25, 0.3) is 0 Å². The van der Waals surface area contributed by atoms with Crippen molar-refractivity contribution in [3.05, 3.63) is 118 Å². The highest BCUT2D eigenvalue weighted by Crippen LogP contribution is 2.27. The van der Waals surface area contributed by atoms with Gasteiger partial charge in [-0.2, -0.15) is 0 Å². The average Bonchev–Trinajstić information content (AvgIpc) is 3.28. The summed E-state index contributed by atoms with van der Waals surface area (Å²) in [4.78, 5) is 20.4. The molecule has 9 heteroatoms. The summed E-state index contributed by atoms with van der Waals surface area (Å²) in [6.45, 7) is 0.816. The number of fused-ring (bicyclic) bond motifs is 1. The number of nitrogens with zero attached hydrogens (tertiary/aromatic N) is 4. The molecular weight excluding hydrogens is 488 g/mol. The van der Waals surface area contributed by atoms with Crippen LogP contribution in [-0.2, 0) is 19.6 Å². The summed E-state index contributed by atoms with van der Waals surface area (Å²) in [5.74, 6) is -1.10. The number of anilines is 1. The van der Waals surface area contributed by atoms with Crippen molar-refractivity contribution in [2.24, 2.45) is 0 Å². The molecule has 3 aromatic carbocycles. The Bertz CT molecular complexity index is 1630. The standard InChI is InChI=1S/C29H27F2N5O2/c1-34(15-19-7-4-3-5-8-19)17-25-27(20-11-13-21(32)14-12-20)33-29-35(18-26(38-2)28(37)36(25)29)16-22-23(30)9-6-10-24(22)31/h3-14,18H,15-17,32H2,1-2H3. The first-order valence-corrected chi connectivity index (χ1v) is 12.1. The number of aromatic nitrogens is 3. The first-order valence-electron chi connectivity index (χ1n) is 12.1. The third-order valence-electron chi connectivity index (χ3n) is 6.41. The molecule has 0 saturated heterocycles. The molecule has 0 amide bonds. The molecule has 0 aliphatic rings. The highest BCUT2D eigenvalue weighted by molar-refractivity contribution is 5.67. The number of hydrogen-bond donors (Lipinski definition) is 1. The highest BCUT2D eigenvalue weighted by atomic mass is 19.1. The lowest BCUT2D eigenvalue weighted by Crippen LogP contribution is -2.25. The van der Waals surface area contributed by atoms with E-state index in [1.54, 1.807) is 12.1 Å². The van der Waals surface area contributed by atoms with E-state index in [0.29, 0.717) is 30.2 Å². The van der Waals surface area contributed by atoms with E-state index in [1.165, 1.54) is 40.5 Å². The SMILES string of the molecule is COc1cn(Cc2c(F)cccc2F)c2nc(-c3ccc(N)cc3)c(CN(C)Cc3ccccc3)n2c1=O. The fourth-order valence-corrected chi connectivity index (χ4v) is 4.55. The van der Waals surface area contributed by atoms with Crippen LogP contribution in [0.3, 0.4) is 0 Å². The van der Waals surface area contributed by atoms with Crippen molar-refractivity contribution in [1.82, 2.24) is 18.9 Å². The van der Waals surface area contributed by atoms with Crippen LogP contribution < -0.4 is 16.0 Å². The minimum Gasteiger partial charge on any atom is -0.490 e. The van der Waals surface area contributed by atoms with Gasteiger partial charge in [-0.3, -0.25) is 9.69 Å². The lowest BCUT2D eigenvalue weighted by Gasteiger charge is -2.18. The zero-order valence-electron chi connectivity index (χ0n) is 21.1. The van der Waals surface area contributed by atoms with Crippen LogP contribution in [0, 0.1) is 11.6 Å². The van der Waals surface area contributed by atoms with Crippen molar-refractivity contribution in [2.45, 2.75) is 19.6 Å². The van der Waals surface area contributed by atoms with Gasteiger partial charge in [-0.05, 0) is 36.9 Å². The maximum absolute atomic E-state index is 14.6. The topological polar surface area (TPSA) is 77.8 Å². The molecule has 2 N–H and O–H groups in total. The number of halogens is 2. The van der Waals surface area contributed by atoms with Crippen LogP contribution in [0.25, 0.3) is 17.0 Å². The molecule has 7 nitrogen and oxygen atoms in total. The van der Waals surface area contributed by atoms with E-state index in [1.807, 2.05) is 49.5 Å². The smallest absolute Gasteiger partial charge is 0.301 e. The van der Waals surface area contributed by atoms with Gasteiger partial charge in [-0.25, -0.2) is 18.2 Å². The summed E-state index contributed by atoms with van der Waals surface area (Å²) in [7, 11) is 3.34. The van der Waals surface area contributed by atoms with E-state index in [2.05, 4.69) is 4.90 Å². The molecule has 2 aromatic heterocycles. The molecule has 0 radical (unpaired) electrons. The maximum atomic E-state index is 14.6. The number of rotatable bonds is 8. The Morgan fingerprint density at radius 1 is 0.947 bits per heavy atom. The Balaban J connectivity index is 1.70. The summed E-state index contributed by atoms with van der Waals surface area (Å²) in [6.07, 6.45) is 1.43. The first-order chi connectivity index (χ1) is 18.4. The molecule has 0 saturated carbocycles. The van der Waals surface area contributed by atoms with Crippen LogP contribution in [-0.4, -0.2) is 33.0 Å². The summed E-state index contributed by atoms with van der Waals surface area (Å²) in [6, 6.07) is 20.9. The zero-order valence-corrected chi connectivity index (χ0v) is 21.1.